The highest BCUT2D eigenvalue weighted by atomic mass is 127. The maximum Gasteiger partial charge on any atom is 0.352 e. The van der Waals surface area contributed by atoms with Gasteiger partial charge in [-0.3, -0.25) is 0 Å². The Labute approximate surface area is 120 Å². The van der Waals surface area contributed by atoms with Crippen molar-refractivity contribution in [2.24, 2.45) is 0 Å². The summed E-state index contributed by atoms with van der Waals surface area (Å²) in [5.74, 6) is -0.875. The summed E-state index contributed by atoms with van der Waals surface area (Å²) in [6, 6.07) is 0. The van der Waals surface area contributed by atoms with Gasteiger partial charge in [0.25, 0.3) is 0 Å². The third-order valence-corrected chi connectivity index (χ3v) is 2.67. The monoisotopic (exact) mass is 352 g/mol. The van der Waals surface area contributed by atoms with Crippen LogP contribution in [0.25, 0.3) is 0 Å². The zero-order valence-corrected chi connectivity index (χ0v) is 13.3. The number of carbonyl (C=O) groups is 1. The summed E-state index contributed by atoms with van der Waals surface area (Å²) in [6.45, 7) is 4.75. The number of aromatic nitrogens is 1. The van der Waals surface area contributed by atoms with Crippen LogP contribution in [0.2, 0.25) is 0 Å². The van der Waals surface area contributed by atoms with Crippen LogP contribution in [0.1, 0.15) is 34.2 Å². The van der Waals surface area contributed by atoms with E-state index in [4.69, 9.17) is 5.11 Å². The number of nitrogens with zero attached hydrogens (tertiary/aromatic N) is 1. The number of hydrogen-bond donors (Lipinski definition) is 2. The number of aromatic carboxylic acids is 1. The average Bonchev–Trinajstić information content (AvgIpc) is 2.39. The molecule has 1 rings (SSSR count). The number of H-pyrrole nitrogens is 1. The third kappa shape index (κ3) is 3.99. The fraction of sp³-hybridized carbons (Fsp3) is 0.583. The summed E-state index contributed by atoms with van der Waals surface area (Å²) in [7, 11) is 6.28. The quantitative estimate of drug-likeness (QED) is 0.528. The maximum absolute atomic E-state index is 11.0. The predicted molar refractivity (Wildman–Crippen MR) is 63.6 cm³/mol. The SMILES string of the molecule is CCc1c(C[N+](C)(C)C)[nH]c(C(=O)O)c1C.[I-]. The molecule has 0 bridgehead atoms. The summed E-state index contributed by atoms with van der Waals surface area (Å²) < 4.78 is 0.784. The highest BCUT2D eigenvalue weighted by Crippen LogP contribution is 2.21. The average molecular weight is 352 g/mol. The standard InChI is InChI=1S/C12H20N2O2.HI/c1-6-9-8(2)11(12(15)16)13-10(9)7-14(3,4)5;/h13H,6-7H2,1-5H3;1H. The lowest BCUT2D eigenvalue weighted by molar-refractivity contribution is -0.884. The second-order valence-electron chi connectivity index (χ2n) is 5.19. The van der Waals surface area contributed by atoms with Gasteiger partial charge in [-0.1, -0.05) is 6.92 Å². The largest absolute Gasteiger partial charge is 1.00 e. The van der Waals surface area contributed by atoms with Crippen molar-refractivity contribution >= 4 is 5.97 Å². The summed E-state index contributed by atoms with van der Waals surface area (Å²) >= 11 is 0. The lowest BCUT2D eigenvalue weighted by atomic mass is 10.1. The molecule has 1 aromatic heterocycles. The van der Waals surface area contributed by atoms with E-state index in [1.165, 1.54) is 0 Å². The lowest BCUT2D eigenvalue weighted by Gasteiger charge is -2.23. The molecule has 0 aromatic carbocycles. The van der Waals surface area contributed by atoms with Crippen molar-refractivity contribution in [3.8, 4) is 0 Å². The van der Waals surface area contributed by atoms with Crippen molar-refractivity contribution in [1.29, 1.82) is 0 Å². The number of carboxylic acids is 1. The normalized spacial score (nSPS) is 11.1. The Morgan fingerprint density at radius 1 is 1.35 bits per heavy atom. The lowest BCUT2D eigenvalue weighted by Crippen LogP contribution is -3.00. The van der Waals surface area contributed by atoms with Crippen LogP contribution in [0, 0.1) is 6.92 Å². The fourth-order valence-corrected chi connectivity index (χ4v) is 2.00. The first kappa shape index (κ1) is 16.4. The molecule has 1 aromatic rings. The molecule has 98 valence electrons. The van der Waals surface area contributed by atoms with Gasteiger partial charge in [0.1, 0.15) is 12.2 Å². The van der Waals surface area contributed by atoms with Crippen LogP contribution in [0.5, 0.6) is 0 Å². The molecule has 0 radical (unpaired) electrons. The molecule has 2 N–H and O–H groups in total. The van der Waals surface area contributed by atoms with Crippen LogP contribution in [0.4, 0.5) is 0 Å². The Kier molecular flexibility index (Phi) is 5.67. The molecule has 0 fully saturated rings. The number of nitrogens with one attached hydrogen (secondary N) is 1. The second-order valence-corrected chi connectivity index (χ2v) is 5.19. The smallest absolute Gasteiger partial charge is 0.352 e. The van der Waals surface area contributed by atoms with E-state index in [9.17, 15) is 4.79 Å². The summed E-state index contributed by atoms with van der Waals surface area (Å²) in [5, 5.41) is 9.06. The van der Waals surface area contributed by atoms with Crippen LogP contribution in [-0.2, 0) is 13.0 Å². The van der Waals surface area contributed by atoms with Gasteiger partial charge >= 0.3 is 5.97 Å². The molecule has 0 saturated heterocycles. The Morgan fingerprint density at radius 3 is 2.24 bits per heavy atom. The van der Waals surface area contributed by atoms with Crippen molar-refractivity contribution in [2.45, 2.75) is 26.8 Å². The van der Waals surface area contributed by atoms with Crippen molar-refractivity contribution in [3.63, 3.8) is 0 Å². The third-order valence-electron chi connectivity index (χ3n) is 2.67. The van der Waals surface area contributed by atoms with Gasteiger partial charge in [0.05, 0.1) is 26.8 Å². The Balaban J connectivity index is 0.00000256. The fourth-order valence-electron chi connectivity index (χ4n) is 2.00. The van der Waals surface area contributed by atoms with Crippen LogP contribution in [0.3, 0.4) is 0 Å². The van der Waals surface area contributed by atoms with Crippen LogP contribution < -0.4 is 24.0 Å². The van der Waals surface area contributed by atoms with E-state index in [1.807, 2.05) is 6.92 Å². The molecule has 0 atom stereocenters. The van der Waals surface area contributed by atoms with Gasteiger partial charge in [-0.2, -0.15) is 0 Å². The minimum Gasteiger partial charge on any atom is -1.00 e. The first-order valence-electron chi connectivity index (χ1n) is 5.50. The molecule has 0 unspecified atom stereocenters. The molecule has 0 amide bonds. The van der Waals surface area contributed by atoms with Crippen LogP contribution in [0.15, 0.2) is 0 Å². The zero-order valence-electron chi connectivity index (χ0n) is 11.1. The molecular weight excluding hydrogens is 331 g/mol. The number of halogens is 1. The first-order valence-corrected chi connectivity index (χ1v) is 5.50. The Morgan fingerprint density at radius 2 is 1.88 bits per heavy atom. The van der Waals surface area contributed by atoms with Gasteiger partial charge < -0.3 is 38.6 Å². The zero-order chi connectivity index (χ0) is 12.5. The topological polar surface area (TPSA) is 53.1 Å². The number of quaternary nitrogens is 1. The first-order chi connectivity index (χ1) is 7.26. The van der Waals surface area contributed by atoms with E-state index in [1.54, 1.807) is 0 Å². The van der Waals surface area contributed by atoms with Crippen molar-refractivity contribution in [3.05, 3.63) is 22.5 Å². The molecule has 17 heavy (non-hydrogen) atoms. The number of hydrogen-bond acceptors (Lipinski definition) is 1. The molecule has 1 heterocycles. The van der Waals surface area contributed by atoms with Gasteiger partial charge in [0.2, 0.25) is 0 Å². The molecule has 0 aliphatic carbocycles. The van der Waals surface area contributed by atoms with E-state index in [0.29, 0.717) is 5.69 Å². The van der Waals surface area contributed by atoms with Crippen molar-refractivity contribution in [2.75, 3.05) is 21.1 Å². The molecule has 0 aliphatic heterocycles. The van der Waals surface area contributed by atoms with Gasteiger partial charge in [-0.25, -0.2) is 4.79 Å². The highest BCUT2D eigenvalue weighted by Gasteiger charge is 2.21. The summed E-state index contributed by atoms with van der Waals surface area (Å²) in [4.78, 5) is 14.1. The van der Waals surface area contributed by atoms with Crippen LogP contribution >= 0.6 is 0 Å². The second kappa shape index (κ2) is 5.86. The highest BCUT2D eigenvalue weighted by molar-refractivity contribution is 5.88. The van der Waals surface area contributed by atoms with E-state index in [0.717, 1.165) is 34.3 Å². The van der Waals surface area contributed by atoms with Gasteiger partial charge in [-0.05, 0) is 24.5 Å². The van der Waals surface area contributed by atoms with Gasteiger partial charge in [0, 0.05) is 0 Å². The number of aromatic amines is 1. The number of rotatable bonds is 4. The van der Waals surface area contributed by atoms with Crippen molar-refractivity contribution in [1.82, 2.24) is 4.98 Å². The summed E-state index contributed by atoms with van der Waals surface area (Å²) in [6.07, 6.45) is 0.866. The molecule has 5 heteroatoms. The summed E-state index contributed by atoms with van der Waals surface area (Å²) in [5.41, 5.74) is 3.40. The van der Waals surface area contributed by atoms with Gasteiger partial charge in [0.15, 0.2) is 0 Å². The number of carboxylic acid groups (broad SMARTS) is 1. The van der Waals surface area contributed by atoms with Crippen molar-refractivity contribution < 1.29 is 38.4 Å². The van der Waals surface area contributed by atoms with Crippen LogP contribution in [-0.4, -0.2) is 41.7 Å². The minimum absolute atomic E-state index is 0. The molecule has 0 saturated carbocycles. The Bertz CT molecular complexity index is 405. The van der Waals surface area contributed by atoms with E-state index in [-0.39, 0.29) is 24.0 Å². The molecule has 4 nitrogen and oxygen atoms in total. The Hall–Kier alpha value is -0.560. The van der Waals surface area contributed by atoms with Gasteiger partial charge in [-0.15, -0.1) is 0 Å². The molecule has 0 spiro atoms. The maximum atomic E-state index is 11.0. The predicted octanol–water partition coefficient (Wildman–Crippen LogP) is -1.21. The minimum atomic E-state index is -0.875. The van der Waals surface area contributed by atoms with E-state index in [2.05, 4.69) is 33.1 Å². The molecule has 0 aliphatic rings. The molecular formula is C12H21IN2O2. The van der Waals surface area contributed by atoms with E-state index < -0.39 is 5.97 Å². The van der Waals surface area contributed by atoms with E-state index >= 15 is 0 Å².